The summed E-state index contributed by atoms with van der Waals surface area (Å²) in [4.78, 5) is 11.4. The molecule has 0 bridgehead atoms. The summed E-state index contributed by atoms with van der Waals surface area (Å²) in [5.74, 6) is 1.67. The largest absolute Gasteiger partial charge is 0.355 e. The number of piperidine rings is 1. The van der Waals surface area contributed by atoms with Crippen molar-refractivity contribution < 1.29 is 0 Å². The Labute approximate surface area is 161 Å². The molecule has 3 heterocycles. The van der Waals surface area contributed by atoms with Crippen molar-refractivity contribution in [3.05, 3.63) is 41.3 Å². The maximum absolute atomic E-state index is 4.54. The third-order valence-corrected chi connectivity index (χ3v) is 4.89. The number of hydrogen-bond acceptors (Lipinski definition) is 4. The van der Waals surface area contributed by atoms with Crippen LogP contribution in [0.3, 0.4) is 0 Å². The molecule has 0 aliphatic carbocycles. The highest BCUT2D eigenvalue weighted by Crippen LogP contribution is 2.10. The van der Waals surface area contributed by atoms with Crippen LogP contribution in [0.25, 0.3) is 5.82 Å². The number of aromatic nitrogens is 3. The van der Waals surface area contributed by atoms with E-state index < -0.39 is 0 Å². The molecule has 1 saturated heterocycles. The summed E-state index contributed by atoms with van der Waals surface area (Å²) < 4.78 is 1.87. The number of nitrogens with one attached hydrogen (secondary N) is 2. The lowest BCUT2D eigenvalue weighted by Crippen LogP contribution is -2.42. The van der Waals surface area contributed by atoms with E-state index in [2.05, 4.69) is 42.7 Å². The van der Waals surface area contributed by atoms with Gasteiger partial charge in [-0.2, -0.15) is 5.10 Å². The van der Waals surface area contributed by atoms with Crippen LogP contribution in [0.1, 0.15) is 36.2 Å². The molecule has 0 saturated carbocycles. The Kier molecular flexibility index (Phi) is 6.81. The zero-order valence-corrected chi connectivity index (χ0v) is 16.7. The molecule has 2 aromatic rings. The molecule has 1 aliphatic heterocycles. The first-order valence-corrected chi connectivity index (χ1v) is 9.81. The Balaban J connectivity index is 1.46. The van der Waals surface area contributed by atoms with Crippen LogP contribution in [0.2, 0.25) is 0 Å². The van der Waals surface area contributed by atoms with E-state index in [9.17, 15) is 0 Å². The van der Waals surface area contributed by atoms with Crippen LogP contribution in [0.15, 0.2) is 29.4 Å². The molecule has 0 atom stereocenters. The van der Waals surface area contributed by atoms with Crippen molar-refractivity contribution in [1.29, 1.82) is 0 Å². The first-order valence-electron chi connectivity index (χ1n) is 9.81. The first kappa shape index (κ1) is 19.4. The Hall–Kier alpha value is -2.41. The lowest BCUT2D eigenvalue weighted by atomic mass is 10.1. The molecule has 7 nitrogen and oxygen atoms in total. The Morgan fingerprint density at radius 2 is 1.96 bits per heavy atom. The normalized spacial score (nSPS) is 15.7. The number of rotatable bonds is 6. The highest BCUT2D eigenvalue weighted by molar-refractivity contribution is 5.79. The summed E-state index contributed by atoms with van der Waals surface area (Å²) in [6.45, 7) is 9.15. The Morgan fingerprint density at radius 1 is 1.15 bits per heavy atom. The molecule has 1 fully saturated rings. The maximum Gasteiger partial charge on any atom is 0.191 e. The lowest BCUT2D eigenvalue weighted by Gasteiger charge is -2.26. The lowest BCUT2D eigenvalue weighted by molar-refractivity contribution is 0.232. The highest BCUT2D eigenvalue weighted by atomic mass is 15.3. The molecule has 1 aliphatic rings. The van der Waals surface area contributed by atoms with E-state index in [0.29, 0.717) is 6.54 Å². The van der Waals surface area contributed by atoms with Gasteiger partial charge >= 0.3 is 0 Å². The van der Waals surface area contributed by atoms with Gasteiger partial charge in [0.25, 0.3) is 0 Å². The maximum atomic E-state index is 4.54. The molecule has 2 N–H and O–H groups in total. The van der Waals surface area contributed by atoms with E-state index in [4.69, 9.17) is 0 Å². The molecule has 0 amide bonds. The number of nitrogens with zero attached hydrogens (tertiary/aromatic N) is 5. The van der Waals surface area contributed by atoms with Gasteiger partial charge in [-0.25, -0.2) is 9.67 Å². The van der Waals surface area contributed by atoms with Gasteiger partial charge in [0, 0.05) is 38.6 Å². The minimum absolute atomic E-state index is 0.688. The van der Waals surface area contributed by atoms with Crippen LogP contribution in [-0.2, 0) is 6.54 Å². The van der Waals surface area contributed by atoms with Crippen molar-refractivity contribution in [2.24, 2.45) is 4.99 Å². The minimum Gasteiger partial charge on any atom is -0.355 e. The molecule has 0 spiro atoms. The third kappa shape index (κ3) is 5.53. The topological polar surface area (TPSA) is 70.4 Å². The molecule has 0 radical (unpaired) electrons. The first-order chi connectivity index (χ1) is 13.2. The van der Waals surface area contributed by atoms with Gasteiger partial charge in [0.05, 0.1) is 5.69 Å². The monoisotopic (exact) mass is 369 g/mol. The molecular formula is C20H31N7. The van der Waals surface area contributed by atoms with Crippen molar-refractivity contribution in [2.45, 2.75) is 39.7 Å². The van der Waals surface area contributed by atoms with Gasteiger partial charge in [-0.3, -0.25) is 4.99 Å². The zero-order valence-electron chi connectivity index (χ0n) is 16.7. The molecule has 2 aromatic heterocycles. The second-order valence-electron chi connectivity index (χ2n) is 7.12. The summed E-state index contributed by atoms with van der Waals surface area (Å²) in [5.41, 5.74) is 3.20. The predicted octanol–water partition coefficient (Wildman–Crippen LogP) is 2.04. The summed E-state index contributed by atoms with van der Waals surface area (Å²) in [6.07, 6.45) is 5.92. The van der Waals surface area contributed by atoms with Crippen LogP contribution < -0.4 is 10.6 Å². The summed E-state index contributed by atoms with van der Waals surface area (Å²) in [5, 5.41) is 11.2. The number of likely N-dealkylation sites (tertiary alicyclic amines) is 1. The second-order valence-corrected chi connectivity index (χ2v) is 7.12. The van der Waals surface area contributed by atoms with Crippen LogP contribution in [-0.4, -0.2) is 58.9 Å². The summed E-state index contributed by atoms with van der Waals surface area (Å²) in [7, 11) is 1.81. The van der Waals surface area contributed by atoms with Crippen LogP contribution in [0, 0.1) is 13.8 Å². The molecule has 0 aromatic carbocycles. The summed E-state index contributed by atoms with van der Waals surface area (Å²) >= 11 is 0. The number of pyridine rings is 1. The Morgan fingerprint density at radius 3 is 2.59 bits per heavy atom. The Bertz CT molecular complexity index is 742. The predicted molar refractivity (Wildman–Crippen MR) is 109 cm³/mol. The second kappa shape index (κ2) is 9.50. The standard InChI is InChI=1S/C20H31N7/c1-16-13-17(2)27(25-16)19-8-7-18(14-23-19)15-24-20(21-3)22-9-12-26-10-5-4-6-11-26/h7-8,13-14H,4-6,9-12,15H2,1-3H3,(H2,21,22,24). The van der Waals surface area contributed by atoms with E-state index in [1.54, 1.807) is 7.05 Å². The van der Waals surface area contributed by atoms with Crippen molar-refractivity contribution in [2.75, 3.05) is 33.2 Å². The van der Waals surface area contributed by atoms with E-state index in [-0.39, 0.29) is 0 Å². The van der Waals surface area contributed by atoms with Gasteiger partial charge in [-0.1, -0.05) is 12.5 Å². The van der Waals surface area contributed by atoms with E-state index in [0.717, 1.165) is 41.8 Å². The molecule has 7 heteroatoms. The van der Waals surface area contributed by atoms with Crippen molar-refractivity contribution in [3.63, 3.8) is 0 Å². The van der Waals surface area contributed by atoms with E-state index >= 15 is 0 Å². The number of guanidine groups is 1. The zero-order chi connectivity index (χ0) is 19.1. The van der Waals surface area contributed by atoms with Gasteiger partial charge in [0.15, 0.2) is 11.8 Å². The minimum atomic E-state index is 0.688. The smallest absolute Gasteiger partial charge is 0.191 e. The fraction of sp³-hybridized carbons (Fsp3) is 0.550. The molecular weight excluding hydrogens is 338 g/mol. The quantitative estimate of drug-likeness (QED) is 0.602. The average molecular weight is 370 g/mol. The van der Waals surface area contributed by atoms with Crippen molar-refractivity contribution in [1.82, 2.24) is 30.3 Å². The third-order valence-electron chi connectivity index (χ3n) is 4.89. The fourth-order valence-electron chi connectivity index (χ4n) is 3.43. The van der Waals surface area contributed by atoms with Gasteiger partial charge < -0.3 is 15.5 Å². The van der Waals surface area contributed by atoms with Gasteiger partial charge in [0.2, 0.25) is 0 Å². The highest BCUT2D eigenvalue weighted by Gasteiger charge is 2.09. The van der Waals surface area contributed by atoms with Gasteiger partial charge in [-0.15, -0.1) is 0 Å². The molecule has 3 rings (SSSR count). The SMILES string of the molecule is CN=C(NCCN1CCCCC1)NCc1ccc(-n2nc(C)cc2C)nc1. The molecule has 0 unspecified atom stereocenters. The average Bonchev–Trinajstić information content (AvgIpc) is 3.04. The molecule has 146 valence electrons. The number of aryl methyl sites for hydroxylation is 2. The van der Waals surface area contributed by atoms with Crippen LogP contribution in [0.4, 0.5) is 0 Å². The summed E-state index contributed by atoms with van der Waals surface area (Å²) in [6, 6.07) is 6.13. The van der Waals surface area contributed by atoms with Gasteiger partial charge in [0.1, 0.15) is 0 Å². The van der Waals surface area contributed by atoms with Crippen molar-refractivity contribution >= 4 is 5.96 Å². The van der Waals surface area contributed by atoms with Crippen LogP contribution in [0.5, 0.6) is 0 Å². The van der Waals surface area contributed by atoms with E-state index in [1.807, 2.05) is 30.8 Å². The molecule has 27 heavy (non-hydrogen) atoms. The number of aliphatic imine (C=N–C) groups is 1. The van der Waals surface area contributed by atoms with E-state index in [1.165, 1.54) is 32.4 Å². The van der Waals surface area contributed by atoms with Gasteiger partial charge in [-0.05, 0) is 57.5 Å². The van der Waals surface area contributed by atoms with Crippen LogP contribution >= 0.6 is 0 Å². The fourth-order valence-corrected chi connectivity index (χ4v) is 3.43. The number of hydrogen-bond donors (Lipinski definition) is 2. The van der Waals surface area contributed by atoms with Crippen molar-refractivity contribution in [3.8, 4) is 5.82 Å².